The lowest BCUT2D eigenvalue weighted by atomic mass is 9.95. The van der Waals surface area contributed by atoms with Crippen molar-refractivity contribution < 1.29 is 19.8 Å². The van der Waals surface area contributed by atoms with E-state index in [-0.39, 0.29) is 25.0 Å². The summed E-state index contributed by atoms with van der Waals surface area (Å²) in [5, 5.41) is 17.5. The molecule has 2 N–H and O–H groups in total. The number of amides is 2. The van der Waals surface area contributed by atoms with Crippen molar-refractivity contribution in [3.63, 3.8) is 0 Å². The van der Waals surface area contributed by atoms with Gasteiger partial charge < -0.3 is 20.0 Å². The van der Waals surface area contributed by atoms with Crippen LogP contribution in [0.2, 0.25) is 0 Å². The van der Waals surface area contributed by atoms with E-state index < -0.39 is 5.97 Å². The SMILES string of the molecule is CN(CCO)C(=O)N1CCCC(CC(=O)O)C1. The summed E-state index contributed by atoms with van der Waals surface area (Å²) < 4.78 is 0. The van der Waals surface area contributed by atoms with Gasteiger partial charge in [-0.15, -0.1) is 0 Å². The third-order valence-corrected chi connectivity index (χ3v) is 3.01. The Hall–Kier alpha value is -1.30. The molecule has 0 bridgehead atoms. The monoisotopic (exact) mass is 244 g/mol. The lowest BCUT2D eigenvalue weighted by Crippen LogP contribution is -2.47. The van der Waals surface area contributed by atoms with Crippen LogP contribution in [0.1, 0.15) is 19.3 Å². The fraction of sp³-hybridized carbons (Fsp3) is 0.818. The maximum Gasteiger partial charge on any atom is 0.319 e. The molecule has 98 valence electrons. The Labute approximate surface area is 101 Å². The van der Waals surface area contributed by atoms with Gasteiger partial charge in [-0.2, -0.15) is 0 Å². The quantitative estimate of drug-likeness (QED) is 0.741. The van der Waals surface area contributed by atoms with Crippen molar-refractivity contribution >= 4 is 12.0 Å². The number of aliphatic carboxylic acids is 1. The molecule has 1 saturated heterocycles. The highest BCUT2D eigenvalue weighted by Gasteiger charge is 2.26. The number of likely N-dealkylation sites (N-methyl/N-ethyl adjacent to an activating group) is 1. The number of carboxylic acid groups (broad SMARTS) is 1. The second-order valence-corrected chi connectivity index (χ2v) is 4.48. The van der Waals surface area contributed by atoms with Gasteiger partial charge in [-0.25, -0.2) is 4.79 Å². The number of aliphatic hydroxyl groups excluding tert-OH is 1. The normalized spacial score (nSPS) is 20.1. The van der Waals surface area contributed by atoms with Crippen LogP contribution in [0.25, 0.3) is 0 Å². The molecule has 1 aliphatic rings. The molecular weight excluding hydrogens is 224 g/mol. The number of piperidine rings is 1. The Kier molecular flexibility index (Phi) is 5.21. The molecule has 1 unspecified atom stereocenters. The number of nitrogens with zero attached hydrogens (tertiary/aromatic N) is 2. The number of hydrogen-bond donors (Lipinski definition) is 2. The number of urea groups is 1. The molecule has 1 atom stereocenters. The minimum absolute atomic E-state index is 0.0488. The van der Waals surface area contributed by atoms with Crippen LogP contribution in [-0.4, -0.2) is 65.3 Å². The molecule has 0 aromatic carbocycles. The largest absolute Gasteiger partial charge is 0.481 e. The van der Waals surface area contributed by atoms with Crippen LogP contribution in [0.3, 0.4) is 0 Å². The second kappa shape index (κ2) is 6.44. The highest BCUT2D eigenvalue weighted by molar-refractivity contribution is 5.74. The van der Waals surface area contributed by atoms with E-state index in [1.54, 1.807) is 11.9 Å². The summed E-state index contributed by atoms with van der Waals surface area (Å²) in [7, 11) is 1.64. The first-order chi connectivity index (χ1) is 8.04. The average molecular weight is 244 g/mol. The first-order valence-corrected chi connectivity index (χ1v) is 5.87. The molecule has 0 aliphatic carbocycles. The van der Waals surface area contributed by atoms with Gasteiger partial charge in [0.2, 0.25) is 0 Å². The summed E-state index contributed by atoms with van der Waals surface area (Å²) in [4.78, 5) is 25.7. The molecule has 1 fully saturated rings. The third kappa shape index (κ3) is 4.22. The van der Waals surface area contributed by atoms with Crippen LogP contribution in [0.5, 0.6) is 0 Å². The van der Waals surface area contributed by atoms with Crippen molar-refractivity contribution in [1.29, 1.82) is 0 Å². The zero-order chi connectivity index (χ0) is 12.8. The topological polar surface area (TPSA) is 81.1 Å². The van der Waals surface area contributed by atoms with E-state index in [4.69, 9.17) is 10.2 Å². The van der Waals surface area contributed by atoms with E-state index in [9.17, 15) is 9.59 Å². The van der Waals surface area contributed by atoms with Crippen LogP contribution >= 0.6 is 0 Å². The van der Waals surface area contributed by atoms with Gasteiger partial charge in [0.1, 0.15) is 0 Å². The second-order valence-electron chi connectivity index (χ2n) is 4.48. The van der Waals surface area contributed by atoms with Gasteiger partial charge in [0.05, 0.1) is 6.61 Å². The van der Waals surface area contributed by atoms with Gasteiger partial charge in [0.25, 0.3) is 0 Å². The third-order valence-electron chi connectivity index (χ3n) is 3.01. The number of likely N-dealkylation sites (tertiary alicyclic amines) is 1. The lowest BCUT2D eigenvalue weighted by Gasteiger charge is -2.34. The number of hydrogen-bond acceptors (Lipinski definition) is 3. The predicted octanol–water partition coefficient (Wildman–Crippen LogP) is 0.217. The highest BCUT2D eigenvalue weighted by Crippen LogP contribution is 2.20. The van der Waals surface area contributed by atoms with E-state index >= 15 is 0 Å². The van der Waals surface area contributed by atoms with Gasteiger partial charge >= 0.3 is 12.0 Å². The molecule has 0 saturated carbocycles. The van der Waals surface area contributed by atoms with E-state index in [2.05, 4.69) is 0 Å². The van der Waals surface area contributed by atoms with E-state index in [1.807, 2.05) is 0 Å². The Morgan fingerprint density at radius 3 is 2.76 bits per heavy atom. The Morgan fingerprint density at radius 2 is 2.18 bits per heavy atom. The van der Waals surface area contributed by atoms with Gasteiger partial charge in [-0.3, -0.25) is 4.79 Å². The van der Waals surface area contributed by atoms with Gasteiger partial charge in [0.15, 0.2) is 0 Å². The van der Waals surface area contributed by atoms with Crippen molar-refractivity contribution in [3.8, 4) is 0 Å². The minimum Gasteiger partial charge on any atom is -0.481 e. The molecule has 17 heavy (non-hydrogen) atoms. The summed E-state index contributed by atoms with van der Waals surface area (Å²) in [6.07, 6.45) is 1.82. The van der Waals surface area contributed by atoms with Crippen LogP contribution in [0.4, 0.5) is 4.79 Å². The number of carbonyl (C=O) groups excluding carboxylic acids is 1. The summed E-state index contributed by atoms with van der Waals surface area (Å²) in [6, 6.07) is -0.130. The number of aliphatic hydroxyl groups is 1. The molecule has 1 heterocycles. The molecule has 2 amide bonds. The highest BCUT2D eigenvalue weighted by atomic mass is 16.4. The molecule has 1 aliphatic heterocycles. The molecule has 0 aromatic heterocycles. The van der Waals surface area contributed by atoms with Crippen LogP contribution in [0, 0.1) is 5.92 Å². The first kappa shape index (κ1) is 13.8. The molecule has 1 rings (SSSR count). The van der Waals surface area contributed by atoms with Gasteiger partial charge in [0, 0.05) is 33.1 Å². The number of carbonyl (C=O) groups is 2. The molecule has 0 aromatic rings. The van der Waals surface area contributed by atoms with Crippen LogP contribution < -0.4 is 0 Å². The average Bonchev–Trinajstić information content (AvgIpc) is 2.28. The Bertz CT molecular complexity index is 283. The predicted molar refractivity (Wildman–Crippen MR) is 61.7 cm³/mol. The molecule has 6 heteroatoms. The number of carboxylic acids is 1. The maximum atomic E-state index is 11.9. The van der Waals surface area contributed by atoms with E-state index in [0.29, 0.717) is 19.6 Å². The molecule has 0 radical (unpaired) electrons. The van der Waals surface area contributed by atoms with Crippen LogP contribution in [-0.2, 0) is 4.79 Å². The van der Waals surface area contributed by atoms with Gasteiger partial charge in [-0.1, -0.05) is 0 Å². The molecule has 0 spiro atoms. The van der Waals surface area contributed by atoms with Crippen molar-refractivity contribution in [2.75, 3.05) is 33.3 Å². The summed E-state index contributed by atoms with van der Waals surface area (Å²) >= 11 is 0. The first-order valence-electron chi connectivity index (χ1n) is 5.87. The van der Waals surface area contributed by atoms with Crippen molar-refractivity contribution in [2.45, 2.75) is 19.3 Å². The Balaban J connectivity index is 2.48. The maximum absolute atomic E-state index is 11.9. The van der Waals surface area contributed by atoms with E-state index in [1.165, 1.54) is 4.90 Å². The smallest absolute Gasteiger partial charge is 0.319 e. The van der Waals surface area contributed by atoms with Crippen molar-refractivity contribution in [3.05, 3.63) is 0 Å². The summed E-state index contributed by atoms with van der Waals surface area (Å²) in [6.45, 7) is 1.42. The van der Waals surface area contributed by atoms with Gasteiger partial charge in [-0.05, 0) is 18.8 Å². The standard InChI is InChI=1S/C11H20N2O4/c1-12(5-6-14)11(17)13-4-2-3-9(8-13)7-10(15)16/h9,14H,2-8H2,1H3,(H,15,16). The van der Waals surface area contributed by atoms with Crippen LogP contribution in [0.15, 0.2) is 0 Å². The Morgan fingerprint density at radius 1 is 1.47 bits per heavy atom. The zero-order valence-electron chi connectivity index (χ0n) is 10.1. The van der Waals surface area contributed by atoms with Crippen molar-refractivity contribution in [2.24, 2.45) is 5.92 Å². The zero-order valence-corrected chi connectivity index (χ0v) is 10.1. The lowest BCUT2D eigenvalue weighted by molar-refractivity contribution is -0.138. The minimum atomic E-state index is -0.812. The summed E-state index contributed by atoms with van der Waals surface area (Å²) in [5.41, 5.74) is 0. The number of rotatable bonds is 4. The van der Waals surface area contributed by atoms with Crippen molar-refractivity contribution in [1.82, 2.24) is 9.80 Å². The fourth-order valence-electron chi connectivity index (χ4n) is 2.14. The van der Waals surface area contributed by atoms with E-state index in [0.717, 1.165) is 12.8 Å². The molecular formula is C11H20N2O4. The summed E-state index contributed by atoms with van der Waals surface area (Å²) in [5.74, 6) is -0.763. The fourth-order valence-corrected chi connectivity index (χ4v) is 2.14. The molecule has 6 nitrogen and oxygen atoms in total.